The van der Waals surface area contributed by atoms with Crippen molar-refractivity contribution in [3.05, 3.63) is 318 Å². The van der Waals surface area contributed by atoms with Crippen LogP contribution in [-0.2, 0) is 42.3 Å². The molecule has 98 heavy (non-hydrogen) atoms. The van der Waals surface area contributed by atoms with Crippen LogP contribution in [0.2, 0.25) is 0 Å². The monoisotopic (exact) mass is 1310 g/mol. The van der Waals surface area contributed by atoms with Crippen LogP contribution >= 0.6 is 0 Å². The summed E-state index contributed by atoms with van der Waals surface area (Å²) in [7, 11) is 11.3. The predicted molar refractivity (Wildman–Crippen MR) is 413 cm³/mol. The van der Waals surface area contributed by atoms with Crippen molar-refractivity contribution in [2.75, 3.05) is 0 Å². The van der Waals surface area contributed by atoms with E-state index in [1.807, 2.05) is 216 Å². The van der Waals surface area contributed by atoms with Crippen molar-refractivity contribution in [1.29, 1.82) is 0 Å². The lowest BCUT2D eigenvalue weighted by molar-refractivity contribution is -0.661. The van der Waals surface area contributed by atoms with Crippen LogP contribution in [0, 0.1) is 138 Å². The Labute approximate surface area is 607 Å². The highest BCUT2D eigenvalue weighted by Crippen LogP contribution is 2.30. The van der Waals surface area contributed by atoms with E-state index in [9.17, 15) is 0 Å². The van der Waals surface area contributed by atoms with E-state index in [4.69, 9.17) is 16.4 Å². The fourth-order valence-electron chi connectivity index (χ4n) is 12.2. The van der Waals surface area contributed by atoms with Gasteiger partial charge in [0.2, 0.25) is 34.2 Å². The van der Waals surface area contributed by atoms with Gasteiger partial charge in [0, 0.05) is 104 Å². The molecule has 0 unspecified atom stereocenters. The maximum absolute atomic E-state index is 8.25. The van der Waals surface area contributed by atoms with Crippen molar-refractivity contribution >= 4 is 0 Å². The molecule has 12 rings (SSSR count). The van der Waals surface area contributed by atoms with Gasteiger partial charge in [0.15, 0.2) is 37.0 Å². The number of benzene rings is 6. The number of hydrogen-bond acceptors (Lipinski definition) is 0. The summed E-state index contributed by atoms with van der Waals surface area (Å²) >= 11 is 0. The molecule has 0 aliphatic heterocycles. The van der Waals surface area contributed by atoms with E-state index in [1.54, 1.807) is 17.7 Å². The molecule has 0 saturated carbocycles. The van der Waals surface area contributed by atoms with E-state index >= 15 is 0 Å². The largest absolute Gasteiger partial charge is 0.215 e. The molecule has 6 aromatic carbocycles. The lowest BCUT2D eigenvalue weighted by atomic mass is 9.96. The molecule has 0 bridgehead atoms. The Bertz CT molecular complexity index is 5130. The van der Waals surface area contributed by atoms with Crippen molar-refractivity contribution in [2.24, 2.45) is 42.3 Å². The molecular formula is C92H112N6+6. The van der Waals surface area contributed by atoms with Crippen LogP contribution in [0.25, 0.3) is 67.5 Å². The number of hydrogen-bond donors (Lipinski definition) is 0. The van der Waals surface area contributed by atoms with Gasteiger partial charge in [0.25, 0.3) is 0 Å². The molecule has 0 spiro atoms. The third-order valence-electron chi connectivity index (χ3n) is 18.0. The van der Waals surface area contributed by atoms with E-state index < -0.39 is 0 Å². The van der Waals surface area contributed by atoms with Crippen molar-refractivity contribution in [3.8, 4) is 67.5 Å². The lowest BCUT2D eigenvalue weighted by Gasteiger charge is -2.11. The first-order valence-corrected chi connectivity index (χ1v) is 33.6. The number of rotatable bonds is 6. The summed E-state index contributed by atoms with van der Waals surface area (Å²) < 4.78 is 107. The maximum atomic E-state index is 8.25. The zero-order valence-electron chi connectivity index (χ0n) is 75.4. The van der Waals surface area contributed by atoms with Crippen molar-refractivity contribution < 1.29 is 43.9 Å². The van der Waals surface area contributed by atoms with Gasteiger partial charge in [0.05, 0.1) is 8.22 Å². The molecule has 0 amide bonds. The topological polar surface area (TPSA) is 23.3 Å². The predicted octanol–water partition coefficient (Wildman–Crippen LogP) is 19.2. The standard InChI is InChI=1S/C17H22N.C16H20N.3C15H18N.C14H16N/c1-11-7-8-16(12(2)9-11)17-15(5)14(4)13(3)10-18(17)6;1-11-6-7-15(13(3)10-11)16-14(4)12(2)8-9-17(16)5;1-11-5-7-13(3)14(9-11)15-8-6-12(2)10-16(15)4;1-11-5-6-13(3)14(9-11)15-10-12(2)7-8-16(15)4;1-11-7-8-14(13(3)10-11)15-12(2)6-5-9-16(15)4;1-11-7-8-12(2)13(10-11)14-6-4-5-9-15(14)3/h7-10H,1-6H3;6-10H,1-5H3;3*5-10H,1-4H3;4-10H,1-3H3/q6*+1/i10D;8D,9D;7D,10D;6D,8D;5D,6D,9D;8D,9D. The molecule has 6 heterocycles. The van der Waals surface area contributed by atoms with Gasteiger partial charge in [-0.3, -0.25) is 0 Å². The molecule has 6 aromatic heterocycles. The highest BCUT2D eigenvalue weighted by atomic mass is 14.9. The lowest BCUT2D eigenvalue weighted by Crippen LogP contribution is -2.33. The molecule has 0 atom stereocenters. The summed E-state index contributed by atoms with van der Waals surface area (Å²) in [6.45, 7) is 40.4. The molecule has 6 nitrogen and oxygen atoms in total. The number of aryl methyl sites for hydroxylation is 11. The third kappa shape index (κ3) is 19.3. The Hall–Kier alpha value is -9.78. The second-order valence-electron chi connectivity index (χ2n) is 26.6. The molecule has 0 saturated heterocycles. The van der Waals surface area contributed by atoms with Crippen molar-refractivity contribution in [3.63, 3.8) is 0 Å². The molecule has 0 N–H and O–H groups in total. The minimum Gasteiger partial charge on any atom is -0.201 e. The summed E-state index contributed by atoms with van der Waals surface area (Å²) in [5, 5.41) is 0. The quantitative estimate of drug-likeness (QED) is 0.148. The van der Waals surface area contributed by atoms with Gasteiger partial charge in [0.1, 0.15) is 50.5 Å². The van der Waals surface area contributed by atoms with Crippen molar-refractivity contribution in [2.45, 2.75) is 138 Å². The average molecular weight is 1310 g/mol. The second kappa shape index (κ2) is 33.9. The normalized spacial score (nSPS) is 12.3. The van der Waals surface area contributed by atoms with Gasteiger partial charge >= 0.3 is 0 Å². The fourth-order valence-corrected chi connectivity index (χ4v) is 12.2. The van der Waals surface area contributed by atoms with Crippen molar-refractivity contribution in [1.82, 2.24) is 0 Å². The van der Waals surface area contributed by atoms with Crippen LogP contribution < -0.4 is 27.4 Å². The van der Waals surface area contributed by atoms with Gasteiger partial charge < -0.3 is 0 Å². The molecule has 0 aliphatic carbocycles. The SMILES string of the molecule is [2H]c1c(C)c(C)c(-c2ccc(C)cc2C)[n+](C)c1[2H].[2H]c1c(C)c(C)c(C)c(-c2ccc(C)cc2C)[n+]1C.[2H]c1c([2H])c([2H])[n+](C)c(-c2ccc(C)cc2C)c1C.[2H]c1cc(C)cc(-c2cc(C)cc([2H])[n+]2C)c1C.[2H]c1cc(C)cc(-c2ccc(C)c([2H])[n+]2C)c1C.[2H]c1cc(C)cc(-c2cccc([2H])[n+]2C)c1C. The summed E-state index contributed by atoms with van der Waals surface area (Å²) in [5.41, 5.74) is 34.2. The number of pyridine rings is 6. The first kappa shape index (κ1) is 59.5. The zero-order valence-corrected chi connectivity index (χ0v) is 63.4. The number of nitrogens with zero attached hydrogens (tertiary/aromatic N) is 6. The van der Waals surface area contributed by atoms with Gasteiger partial charge in [-0.2, -0.15) is 0 Å². The van der Waals surface area contributed by atoms with Crippen LogP contribution in [0.4, 0.5) is 0 Å². The van der Waals surface area contributed by atoms with E-state index in [0.29, 0.717) is 48.9 Å². The van der Waals surface area contributed by atoms with Gasteiger partial charge in [-0.25, -0.2) is 27.4 Å². The summed E-state index contributed by atoms with van der Waals surface area (Å²) in [4.78, 5) is 0. The Kier molecular flexibility index (Phi) is 20.6. The minimum atomic E-state index is -0.0199. The average Bonchev–Trinajstić information content (AvgIpc) is 0.790. The zero-order chi connectivity index (χ0) is 82.4. The summed E-state index contributed by atoms with van der Waals surface area (Å²) in [6.07, 6.45) is 2.40. The molecule has 0 radical (unpaired) electrons. The van der Waals surface area contributed by atoms with Crippen LogP contribution in [0.15, 0.2) is 207 Å². The highest BCUT2D eigenvalue weighted by molar-refractivity contribution is 5.69. The smallest absolute Gasteiger partial charge is 0.201 e. The van der Waals surface area contributed by atoms with Crippen LogP contribution in [-0.4, -0.2) is 0 Å². The van der Waals surface area contributed by atoms with Crippen LogP contribution in [0.5, 0.6) is 0 Å². The van der Waals surface area contributed by atoms with Crippen LogP contribution in [0.3, 0.4) is 0 Å². The minimum absolute atomic E-state index is 0.0199. The summed E-state index contributed by atoms with van der Waals surface area (Å²) in [6, 6.07) is 46.5. The van der Waals surface area contributed by atoms with E-state index in [0.717, 1.165) is 134 Å². The molecule has 0 fully saturated rings. The van der Waals surface area contributed by atoms with Gasteiger partial charge in [-0.1, -0.05) is 106 Å². The molecular weight excluding hydrogens is 1190 g/mol. The second-order valence-corrected chi connectivity index (χ2v) is 26.6. The maximum Gasteiger partial charge on any atom is 0.215 e. The van der Waals surface area contributed by atoms with Gasteiger partial charge in [-0.15, -0.1) is 0 Å². The third-order valence-corrected chi connectivity index (χ3v) is 18.0. The highest BCUT2D eigenvalue weighted by Gasteiger charge is 2.21. The fraction of sp³-hybridized carbons (Fsp3) is 0.283. The van der Waals surface area contributed by atoms with Gasteiger partial charge in [-0.05, 0) is 243 Å². The molecule has 6 heteroatoms. The Balaban J connectivity index is 0.000000184. The molecule has 0 aliphatic rings. The molecule has 12 aromatic rings. The number of aromatic nitrogens is 6. The first-order chi connectivity index (χ1) is 51.3. The Morgan fingerprint density at radius 2 is 0.643 bits per heavy atom. The molecule has 504 valence electrons. The van der Waals surface area contributed by atoms with E-state index in [2.05, 4.69) is 108 Å². The summed E-state index contributed by atoms with van der Waals surface area (Å²) in [5.74, 6) is 0. The Morgan fingerprint density at radius 1 is 0.224 bits per heavy atom. The Morgan fingerprint density at radius 3 is 1.14 bits per heavy atom. The first-order valence-electron chi connectivity index (χ1n) is 39.6. The van der Waals surface area contributed by atoms with Crippen LogP contribution in [0.1, 0.15) is 128 Å². The van der Waals surface area contributed by atoms with E-state index in [-0.39, 0.29) is 24.4 Å². The van der Waals surface area contributed by atoms with E-state index in [1.165, 1.54) is 44.5 Å².